The van der Waals surface area contributed by atoms with E-state index in [2.05, 4.69) is 43.6 Å². The molecule has 0 radical (unpaired) electrons. The van der Waals surface area contributed by atoms with Crippen LogP contribution in [0.25, 0.3) is 43.4 Å². The molecule has 1 aliphatic carbocycles. The van der Waals surface area contributed by atoms with Crippen LogP contribution >= 0.6 is 11.3 Å². The van der Waals surface area contributed by atoms with E-state index in [1.165, 1.54) is 15.4 Å². The topological polar surface area (TPSA) is 225 Å². The van der Waals surface area contributed by atoms with E-state index < -0.39 is 24.2 Å². The number of aromatic hydroxyl groups is 1. The molecule has 13 rings (SSSR count). The fourth-order valence-corrected chi connectivity index (χ4v) is 15.2. The lowest BCUT2D eigenvalue weighted by molar-refractivity contribution is -0.141. The molecular weight excluding hydrogens is 1060 g/mol. The summed E-state index contributed by atoms with van der Waals surface area (Å²) in [5, 5.41) is 35.8. The van der Waals surface area contributed by atoms with E-state index >= 15 is 0 Å². The van der Waals surface area contributed by atoms with E-state index in [0.717, 1.165) is 124 Å². The summed E-state index contributed by atoms with van der Waals surface area (Å²) in [6.45, 7) is 13.1. The van der Waals surface area contributed by atoms with Gasteiger partial charge in [-0.05, 0) is 104 Å². The minimum Gasteiger partial charge on any atom is -0.508 e. The number of fused-ring (bicyclic) bond motifs is 7. The highest BCUT2D eigenvalue weighted by Gasteiger charge is 2.51. The van der Waals surface area contributed by atoms with E-state index in [1.807, 2.05) is 87.9 Å². The quantitative estimate of drug-likeness (QED) is 0.0754. The number of piperazine rings is 1. The Bertz CT molecular complexity index is 3600. The number of likely N-dealkylation sites (tertiary alicyclic amines) is 1. The number of aliphatic hydroxyl groups excluding tert-OH is 1. The van der Waals surface area contributed by atoms with Crippen molar-refractivity contribution < 1.29 is 38.6 Å². The molecular formula is C62H71N11O8S. The van der Waals surface area contributed by atoms with Crippen LogP contribution in [-0.2, 0) is 20.9 Å². The van der Waals surface area contributed by atoms with Gasteiger partial charge in [-0.1, -0.05) is 68.4 Å². The molecule has 19 nitrogen and oxygen atoms in total. The maximum Gasteiger partial charge on any atom is 0.409 e. The zero-order valence-corrected chi connectivity index (χ0v) is 48.1. The number of anilines is 1. The predicted molar refractivity (Wildman–Crippen MR) is 311 cm³/mol. The minimum atomic E-state index is -0.877. The van der Waals surface area contributed by atoms with Crippen LogP contribution < -0.4 is 20.3 Å². The molecule has 3 aromatic carbocycles. The van der Waals surface area contributed by atoms with Gasteiger partial charge in [-0.2, -0.15) is 9.97 Å². The summed E-state index contributed by atoms with van der Waals surface area (Å²) in [5.41, 5.74) is 9.63. The number of β-amino-alcohol motifs (C(OH)–C–C–N with tert-alkyl or cyclic N) is 1. The van der Waals surface area contributed by atoms with E-state index in [9.17, 15) is 24.6 Å². The number of benzene rings is 3. The second-order valence-electron chi connectivity index (χ2n) is 24.2. The van der Waals surface area contributed by atoms with E-state index in [-0.39, 0.29) is 73.1 Å². The van der Waals surface area contributed by atoms with Gasteiger partial charge in [0.1, 0.15) is 48.2 Å². The summed E-state index contributed by atoms with van der Waals surface area (Å²) in [5.74, 6) is -0.392. The van der Waals surface area contributed by atoms with Crippen molar-refractivity contribution in [1.82, 2.24) is 50.4 Å². The molecule has 4 aromatic heterocycles. The van der Waals surface area contributed by atoms with Crippen molar-refractivity contribution in [2.24, 2.45) is 5.92 Å². The average molecular weight is 1130 g/mol. The number of pyridine rings is 1. The molecule has 5 saturated heterocycles. The highest BCUT2D eigenvalue weighted by atomic mass is 32.1. The number of aliphatic hydroxyl groups is 1. The first-order chi connectivity index (χ1) is 39.6. The van der Waals surface area contributed by atoms with Crippen LogP contribution in [0, 0.1) is 12.8 Å². The third-order valence-corrected chi connectivity index (χ3v) is 19.5. The Morgan fingerprint density at radius 3 is 2.57 bits per heavy atom. The number of carbonyl (C=O) groups is 3. The summed E-state index contributed by atoms with van der Waals surface area (Å²) in [6.07, 6.45) is 6.53. The molecule has 3 amide bonds. The Balaban J connectivity index is 0.657. The smallest absolute Gasteiger partial charge is 0.409 e. The number of hydrogen-bond acceptors (Lipinski definition) is 17. The molecule has 82 heavy (non-hydrogen) atoms. The number of aromatic nitrogens is 5. The molecule has 9 atom stereocenters. The monoisotopic (exact) mass is 1130 g/mol. The number of aryl methyl sites for hydroxylation is 1. The van der Waals surface area contributed by atoms with Gasteiger partial charge in [-0.15, -0.1) is 11.3 Å². The van der Waals surface area contributed by atoms with Crippen molar-refractivity contribution in [3.05, 3.63) is 106 Å². The summed E-state index contributed by atoms with van der Waals surface area (Å²) in [7, 11) is 1.65. The van der Waals surface area contributed by atoms with Gasteiger partial charge in [-0.3, -0.25) is 19.5 Å². The van der Waals surface area contributed by atoms with Gasteiger partial charge < -0.3 is 49.5 Å². The number of nitrogens with zero attached hydrogens (tertiary/aromatic N) is 9. The maximum absolute atomic E-state index is 14.4. The van der Waals surface area contributed by atoms with Crippen molar-refractivity contribution in [3.63, 3.8) is 0 Å². The van der Waals surface area contributed by atoms with Gasteiger partial charge in [0.2, 0.25) is 11.8 Å². The average Bonchev–Trinajstić information content (AvgIpc) is 4.54. The molecule has 4 N–H and O–H groups in total. The minimum absolute atomic E-state index is 0.00822. The standard InChI is InChI=1S/C62H71N11O8S/c1-33(2)51(59(77)72-29-45(75)24-49(72)58(76)65-35(4)37-11-13-38(14-12-37)56-36(5)64-32-82-56)50-22-42(69-81-50)26-70(6)61(78)79-30-43-17-19-62(18-8-20-73(43)62)31-80-60-67-55-48(57(68-60)71-27-40-15-16-41(28-71)66-40)25-63-54-47-23-44(74)21-39-9-7-10-46(53(39)47)34(3)52(54)55/h7,9-14,21-23,25,32-35,40-41,43,45,49,51,66,74-75H,8,15-20,24,26-31H2,1-6H3,(H,65,76)/t34?,35-,40?,41?,43+,45+,49-,51+,62+/m0/s1. The number of ether oxygens (including phenoxy) is 2. The molecule has 5 fully saturated rings. The zero-order valence-electron chi connectivity index (χ0n) is 47.3. The lowest BCUT2D eigenvalue weighted by Crippen LogP contribution is -2.51. The van der Waals surface area contributed by atoms with Crippen LogP contribution in [0.1, 0.15) is 124 Å². The number of rotatable bonds is 15. The highest BCUT2D eigenvalue weighted by Crippen LogP contribution is 2.49. The number of thiazole rings is 1. The Kier molecular flexibility index (Phi) is 14.2. The van der Waals surface area contributed by atoms with Crippen LogP contribution in [0.4, 0.5) is 10.6 Å². The Labute approximate surface area is 480 Å². The zero-order chi connectivity index (χ0) is 56.7. The Hall–Kier alpha value is -7.26. The summed E-state index contributed by atoms with van der Waals surface area (Å²) in [6, 6.07) is 19.5. The molecule has 2 bridgehead atoms. The molecule has 3 unspecified atom stereocenters. The summed E-state index contributed by atoms with van der Waals surface area (Å²) < 4.78 is 18.7. The predicted octanol–water partition coefficient (Wildman–Crippen LogP) is 8.60. The SMILES string of the molecule is Cc1ncsc1-c1ccc([C@H](C)NC(=O)[C@@H]2C[C@@H](O)CN2C(=O)[C@@H](c2cc(CN(C)C(=O)OC[C@H]3CC[C@@]4(COc5nc(N6CC7CCC(C6)N7)c6cnc7c(c6n5)C(C)c5cccc6cc(O)cc-7c56)CCCN34)no2)C(C)C)cc1. The van der Waals surface area contributed by atoms with Crippen LogP contribution in [0.2, 0.25) is 0 Å². The van der Waals surface area contributed by atoms with Gasteiger partial charge >= 0.3 is 12.1 Å². The van der Waals surface area contributed by atoms with Crippen LogP contribution in [0.15, 0.2) is 76.9 Å². The Morgan fingerprint density at radius 1 is 1.00 bits per heavy atom. The maximum atomic E-state index is 14.4. The summed E-state index contributed by atoms with van der Waals surface area (Å²) in [4.78, 5) is 70.8. The van der Waals surface area contributed by atoms with Gasteiger partial charge in [0.25, 0.3) is 0 Å². The number of nitrogens with one attached hydrogen (secondary N) is 2. The molecule has 0 spiro atoms. The first-order valence-electron chi connectivity index (χ1n) is 29.1. The number of phenols is 1. The van der Waals surface area contributed by atoms with Gasteiger partial charge in [0.05, 0.1) is 56.9 Å². The molecule has 428 valence electrons. The number of hydrogen-bond donors (Lipinski definition) is 4. The normalized spacial score (nSPS) is 24.5. The van der Waals surface area contributed by atoms with Crippen molar-refractivity contribution in [1.29, 1.82) is 0 Å². The first kappa shape index (κ1) is 54.0. The number of amides is 3. The number of phenolic OH excluding ortho intramolecular Hbond substituents is 1. The fraction of sp³-hybridized carbons (Fsp3) is 0.484. The van der Waals surface area contributed by atoms with Crippen molar-refractivity contribution in [2.75, 3.05) is 51.3 Å². The van der Waals surface area contributed by atoms with Crippen LogP contribution in [-0.4, -0.2) is 150 Å². The third-order valence-electron chi connectivity index (χ3n) is 18.5. The van der Waals surface area contributed by atoms with Gasteiger partial charge in [0, 0.05) is 80.5 Å². The molecule has 0 saturated carbocycles. The molecule has 6 aliphatic rings. The highest BCUT2D eigenvalue weighted by molar-refractivity contribution is 7.13. The second kappa shape index (κ2) is 21.5. The summed E-state index contributed by atoms with van der Waals surface area (Å²) >= 11 is 1.58. The molecule has 5 aliphatic heterocycles. The first-order valence-corrected chi connectivity index (χ1v) is 30.0. The van der Waals surface area contributed by atoms with Crippen LogP contribution in [0.3, 0.4) is 0 Å². The lowest BCUT2D eigenvalue weighted by Gasteiger charge is -2.36. The van der Waals surface area contributed by atoms with Crippen LogP contribution in [0.5, 0.6) is 11.8 Å². The fourth-order valence-electron chi connectivity index (χ4n) is 14.4. The van der Waals surface area contributed by atoms with Crippen molar-refractivity contribution in [2.45, 2.75) is 140 Å². The Morgan fingerprint density at radius 2 is 1.80 bits per heavy atom. The van der Waals surface area contributed by atoms with E-state index in [1.54, 1.807) is 24.5 Å². The van der Waals surface area contributed by atoms with Crippen molar-refractivity contribution >= 4 is 56.7 Å². The molecule has 7 aromatic rings. The van der Waals surface area contributed by atoms with Gasteiger partial charge in [0.15, 0.2) is 0 Å². The molecule has 9 heterocycles. The lowest BCUT2D eigenvalue weighted by atomic mass is 9.79. The largest absolute Gasteiger partial charge is 0.508 e. The molecule has 20 heteroatoms. The van der Waals surface area contributed by atoms with E-state index in [0.29, 0.717) is 36.2 Å². The van der Waals surface area contributed by atoms with E-state index in [4.69, 9.17) is 28.9 Å². The van der Waals surface area contributed by atoms with Gasteiger partial charge in [-0.25, -0.2) is 9.78 Å². The van der Waals surface area contributed by atoms with Crippen molar-refractivity contribution in [3.8, 4) is 33.5 Å². The second-order valence-corrected chi connectivity index (χ2v) is 25.1. The number of carbonyl (C=O) groups excluding carboxylic acids is 3. The third kappa shape index (κ3) is 9.77.